The van der Waals surface area contributed by atoms with E-state index in [1.807, 2.05) is 0 Å². The van der Waals surface area contributed by atoms with E-state index in [0.29, 0.717) is 27.6 Å². The Kier molecular flexibility index (Phi) is 5.21. The van der Waals surface area contributed by atoms with E-state index in [9.17, 15) is 5.11 Å². The van der Waals surface area contributed by atoms with Crippen LogP contribution in [0.4, 0.5) is 0 Å². The summed E-state index contributed by atoms with van der Waals surface area (Å²) in [4.78, 5) is 0. The van der Waals surface area contributed by atoms with Gasteiger partial charge in [-0.05, 0) is 127 Å². The molecule has 0 aliphatic heterocycles. The maximum absolute atomic E-state index is 10.9. The topological polar surface area (TPSA) is 20.2 Å². The smallest absolute Gasteiger partial charge is 0.0594 e. The van der Waals surface area contributed by atoms with Gasteiger partial charge in [0.1, 0.15) is 0 Å². The number of allylic oxidation sites excluding steroid dienone is 1. The average Bonchev–Trinajstić information content (AvgIpc) is 3.31. The van der Waals surface area contributed by atoms with E-state index in [2.05, 4.69) is 55.0 Å². The van der Waals surface area contributed by atoms with E-state index in [1.54, 1.807) is 0 Å². The summed E-state index contributed by atoms with van der Waals surface area (Å²) in [6.07, 6.45) is 15.0. The molecule has 0 aromatic carbocycles. The van der Waals surface area contributed by atoms with Gasteiger partial charge in [0.25, 0.3) is 0 Å². The Morgan fingerprint density at radius 1 is 0.844 bits per heavy atom. The van der Waals surface area contributed by atoms with Gasteiger partial charge in [0, 0.05) is 0 Å². The first kappa shape index (κ1) is 23.4. The number of aliphatic hydroxyl groups is 1. The third-order valence-corrected chi connectivity index (χ3v) is 13.6. The van der Waals surface area contributed by atoms with Crippen LogP contribution in [0.15, 0.2) is 12.2 Å². The molecular weight excluding hydrogens is 388 g/mol. The van der Waals surface area contributed by atoms with Gasteiger partial charge in [-0.3, -0.25) is 0 Å². The molecule has 5 rings (SSSR count). The second kappa shape index (κ2) is 7.11. The van der Waals surface area contributed by atoms with Crippen LogP contribution in [0.2, 0.25) is 0 Å². The molecule has 1 N–H and O–H groups in total. The molecule has 0 amide bonds. The lowest BCUT2D eigenvalue weighted by Gasteiger charge is -2.63. The third-order valence-electron chi connectivity index (χ3n) is 13.6. The summed E-state index contributed by atoms with van der Waals surface area (Å²) >= 11 is 0. The zero-order chi connectivity index (χ0) is 23.3. The molecule has 182 valence electrons. The summed E-state index contributed by atoms with van der Waals surface area (Å²) < 4.78 is 0. The van der Waals surface area contributed by atoms with Crippen molar-refractivity contribution in [1.29, 1.82) is 0 Å². The fourth-order valence-electron chi connectivity index (χ4n) is 11.2. The van der Waals surface area contributed by atoms with Crippen molar-refractivity contribution in [2.45, 2.75) is 125 Å². The van der Waals surface area contributed by atoms with Crippen molar-refractivity contribution in [3.05, 3.63) is 12.2 Å². The maximum Gasteiger partial charge on any atom is 0.0594 e. The van der Waals surface area contributed by atoms with Gasteiger partial charge >= 0.3 is 0 Å². The zero-order valence-electron chi connectivity index (χ0n) is 22.4. The molecule has 1 heteroatoms. The molecular formula is C31H52O. The van der Waals surface area contributed by atoms with E-state index >= 15 is 0 Å². The first-order chi connectivity index (χ1) is 14.9. The largest absolute Gasteiger partial charge is 0.393 e. The minimum atomic E-state index is -0.0888. The van der Waals surface area contributed by atoms with Gasteiger partial charge in [-0.15, -0.1) is 0 Å². The second-order valence-corrected chi connectivity index (χ2v) is 14.9. The summed E-state index contributed by atoms with van der Waals surface area (Å²) in [5.41, 5.74) is 3.79. The molecule has 0 heterocycles. The SMILES string of the molecule is C=C(CC[C@@H](C)[C@H]1CC[C@@]2(C)[C@@H]3CCC4C(C)(C)[C@@H](O)CC[C@@]45CC35CC[C@]12C)C(C)C. The first-order valence-electron chi connectivity index (χ1n) is 14.2. The van der Waals surface area contributed by atoms with Crippen molar-refractivity contribution in [3.63, 3.8) is 0 Å². The van der Waals surface area contributed by atoms with Crippen LogP contribution in [0, 0.1) is 56.7 Å². The highest BCUT2D eigenvalue weighted by Gasteiger charge is 2.82. The Morgan fingerprint density at radius 2 is 1.50 bits per heavy atom. The highest BCUT2D eigenvalue weighted by Crippen LogP contribution is 2.89. The number of hydrogen-bond donors (Lipinski definition) is 1. The molecule has 0 bridgehead atoms. The number of hydrogen-bond acceptors (Lipinski definition) is 1. The van der Waals surface area contributed by atoms with Crippen LogP contribution < -0.4 is 0 Å². The molecule has 2 unspecified atom stereocenters. The van der Waals surface area contributed by atoms with Crippen LogP contribution in [0.3, 0.4) is 0 Å². The minimum Gasteiger partial charge on any atom is -0.393 e. The summed E-state index contributed by atoms with van der Waals surface area (Å²) in [6.45, 7) is 21.8. The highest BCUT2D eigenvalue weighted by atomic mass is 16.3. The predicted octanol–water partition coefficient (Wildman–Crippen LogP) is 8.41. The fraction of sp³-hybridized carbons (Fsp3) is 0.935. The van der Waals surface area contributed by atoms with Gasteiger partial charge in [0.05, 0.1) is 6.10 Å². The molecule has 2 spiro atoms. The summed E-state index contributed by atoms with van der Waals surface area (Å²) in [7, 11) is 0. The molecule has 5 fully saturated rings. The van der Waals surface area contributed by atoms with Crippen LogP contribution in [0.1, 0.15) is 119 Å². The highest BCUT2D eigenvalue weighted by molar-refractivity contribution is 5.30. The predicted molar refractivity (Wildman–Crippen MR) is 135 cm³/mol. The van der Waals surface area contributed by atoms with E-state index in [1.165, 1.54) is 69.8 Å². The quantitative estimate of drug-likeness (QED) is 0.425. The molecule has 32 heavy (non-hydrogen) atoms. The van der Waals surface area contributed by atoms with Crippen LogP contribution in [0.5, 0.6) is 0 Å². The summed E-state index contributed by atoms with van der Waals surface area (Å²) in [5, 5.41) is 10.9. The molecule has 5 aliphatic carbocycles. The van der Waals surface area contributed by atoms with Gasteiger partial charge in [-0.2, -0.15) is 0 Å². The van der Waals surface area contributed by atoms with Crippen molar-refractivity contribution < 1.29 is 5.11 Å². The van der Waals surface area contributed by atoms with Gasteiger partial charge in [-0.1, -0.05) is 60.6 Å². The minimum absolute atomic E-state index is 0.0888. The summed E-state index contributed by atoms with van der Waals surface area (Å²) in [6, 6.07) is 0. The second-order valence-electron chi connectivity index (χ2n) is 14.9. The Balaban J connectivity index is 1.39. The Morgan fingerprint density at radius 3 is 2.19 bits per heavy atom. The maximum atomic E-state index is 10.9. The van der Waals surface area contributed by atoms with Gasteiger partial charge < -0.3 is 5.11 Å². The zero-order valence-corrected chi connectivity index (χ0v) is 22.4. The van der Waals surface area contributed by atoms with Crippen molar-refractivity contribution in [3.8, 4) is 0 Å². The molecule has 5 saturated carbocycles. The monoisotopic (exact) mass is 440 g/mol. The van der Waals surface area contributed by atoms with Crippen molar-refractivity contribution in [2.24, 2.45) is 56.7 Å². The molecule has 0 radical (unpaired) electrons. The van der Waals surface area contributed by atoms with E-state index in [-0.39, 0.29) is 11.5 Å². The number of fused-ring (bicyclic) bond motifs is 2. The lowest BCUT2D eigenvalue weighted by Crippen LogP contribution is -2.57. The third kappa shape index (κ3) is 2.73. The van der Waals surface area contributed by atoms with Crippen molar-refractivity contribution in [2.75, 3.05) is 0 Å². The van der Waals surface area contributed by atoms with Gasteiger partial charge in [-0.25, -0.2) is 0 Å². The van der Waals surface area contributed by atoms with E-state index in [4.69, 9.17) is 0 Å². The van der Waals surface area contributed by atoms with Crippen LogP contribution in [-0.2, 0) is 0 Å². The standard InChI is InChI=1S/C31H52O/c1-20(2)21(3)9-10-22(4)23-13-15-29(8)25-12-11-24-27(5,6)26(32)14-16-30(24)19-31(25,30)18-17-28(23,29)7/h20,22-26,32H,3,9-19H2,1-2,4-8H3/t22-,23-,24?,25+,26+,28-,29+,30-,31?/m1/s1. The Labute approximate surface area is 199 Å². The molecule has 1 nitrogen and oxygen atoms in total. The molecule has 9 atom stereocenters. The van der Waals surface area contributed by atoms with Crippen molar-refractivity contribution >= 4 is 0 Å². The normalized spacial score (nSPS) is 51.9. The van der Waals surface area contributed by atoms with Crippen LogP contribution in [0.25, 0.3) is 0 Å². The first-order valence-corrected chi connectivity index (χ1v) is 14.2. The fourth-order valence-corrected chi connectivity index (χ4v) is 11.2. The Hall–Kier alpha value is -0.300. The molecule has 0 aromatic rings. The van der Waals surface area contributed by atoms with Gasteiger partial charge in [0.2, 0.25) is 0 Å². The van der Waals surface area contributed by atoms with E-state index < -0.39 is 0 Å². The lowest BCUT2D eigenvalue weighted by atomic mass is 9.41. The van der Waals surface area contributed by atoms with Crippen LogP contribution >= 0.6 is 0 Å². The number of rotatable bonds is 5. The molecule has 0 saturated heterocycles. The number of aliphatic hydroxyl groups excluding tert-OH is 1. The van der Waals surface area contributed by atoms with Gasteiger partial charge in [0.15, 0.2) is 0 Å². The molecule has 5 aliphatic rings. The summed E-state index contributed by atoms with van der Waals surface area (Å²) in [5.74, 6) is 4.02. The van der Waals surface area contributed by atoms with Crippen LogP contribution in [-0.4, -0.2) is 11.2 Å². The average molecular weight is 441 g/mol. The lowest BCUT2D eigenvalue weighted by molar-refractivity contribution is -0.161. The molecule has 0 aromatic heterocycles. The Bertz CT molecular complexity index is 779. The van der Waals surface area contributed by atoms with E-state index in [0.717, 1.165) is 30.1 Å². The van der Waals surface area contributed by atoms with Crippen molar-refractivity contribution in [1.82, 2.24) is 0 Å².